The first-order valence-corrected chi connectivity index (χ1v) is 17.6. The van der Waals surface area contributed by atoms with Crippen LogP contribution in [0.1, 0.15) is 83.6 Å². The summed E-state index contributed by atoms with van der Waals surface area (Å²) in [6, 6.07) is 16.7. The molecule has 0 atom stereocenters. The standard InChI is InChI=1S/C28H37.2ClH.Zr/c1-9-10-11-20-14-21-13-12-19(2)26(25(21)15-20)22-16-23(27(3,4)5)18-24(17-22)28(6,7)8;;;/h12-18H,9-11H2,1-8H3;2*1H;/q-1;;;+2/p-2. The Morgan fingerprint density at radius 3 is 1.90 bits per heavy atom. The summed E-state index contributed by atoms with van der Waals surface area (Å²) in [5, 5.41) is 2.79. The van der Waals surface area contributed by atoms with Gasteiger partial charge in [-0.15, -0.1) is 34.5 Å². The average Bonchev–Trinajstić information content (AvgIpc) is 3.08. The van der Waals surface area contributed by atoms with Gasteiger partial charge in [0.1, 0.15) is 0 Å². The number of hydrogen-bond donors (Lipinski definition) is 0. The van der Waals surface area contributed by atoms with E-state index in [2.05, 4.69) is 97.9 Å². The molecule has 0 aromatic heterocycles. The third-order valence-electron chi connectivity index (χ3n) is 5.93. The van der Waals surface area contributed by atoms with Crippen molar-refractivity contribution in [3.8, 4) is 11.1 Å². The van der Waals surface area contributed by atoms with Crippen LogP contribution in [-0.2, 0) is 38.1 Å². The summed E-state index contributed by atoms with van der Waals surface area (Å²) in [6.07, 6.45) is 3.69. The Bertz CT molecular complexity index is 968. The predicted molar refractivity (Wildman–Crippen MR) is 137 cm³/mol. The van der Waals surface area contributed by atoms with Crippen LogP contribution in [0.25, 0.3) is 21.9 Å². The van der Waals surface area contributed by atoms with E-state index in [0.717, 1.165) is 0 Å². The molecule has 0 aliphatic rings. The molecule has 0 unspecified atom stereocenters. The van der Waals surface area contributed by atoms with E-state index in [9.17, 15) is 0 Å². The van der Waals surface area contributed by atoms with E-state index in [1.165, 1.54) is 63.4 Å². The predicted octanol–water partition coefficient (Wildman–Crippen LogP) is 9.85. The summed E-state index contributed by atoms with van der Waals surface area (Å²) in [4.78, 5) is 0. The van der Waals surface area contributed by atoms with E-state index < -0.39 is 20.8 Å². The van der Waals surface area contributed by atoms with Crippen LogP contribution in [0, 0.1) is 6.92 Å². The average molecular weight is 536 g/mol. The normalized spacial score (nSPS) is 11.9. The number of rotatable bonds is 4. The molecular formula is C28H37Cl2Zr-. The number of benzene rings is 2. The Hall–Kier alpha value is -0.487. The third-order valence-corrected chi connectivity index (χ3v) is 5.93. The minimum absolute atomic E-state index is 0.135. The van der Waals surface area contributed by atoms with E-state index in [-0.39, 0.29) is 10.8 Å². The number of unbranched alkanes of at least 4 members (excludes halogenated alkanes) is 1. The summed E-state index contributed by atoms with van der Waals surface area (Å²) in [5.41, 5.74) is 8.74. The van der Waals surface area contributed by atoms with Crippen LogP contribution in [0.3, 0.4) is 0 Å². The molecule has 0 nitrogen and oxygen atoms in total. The number of hydrogen-bond acceptors (Lipinski definition) is 0. The Kier molecular flexibility index (Phi) is 9.57. The van der Waals surface area contributed by atoms with E-state index in [0.29, 0.717) is 0 Å². The van der Waals surface area contributed by atoms with Crippen LogP contribution in [0.15, 0.2) is 42.5 Å². The van der Waals surface area contributed by atoms with Crippen molar-refractivity contribution >= 4 is 27.8 Å². The zero-order valence-corrected chi connectivity index (χ0v) is 24.4. The second-order valence-electron chi connectivity index (χ2n) is 10.6. The van der Waals surface area contributed by atoms with Crippen molar-refractivity contribution in [3.05, 3.63) is 64.7 Å². The van der Waals surface area contributed by atoms with E-state index in [1.54, 1.807) is 0 Å². The number of aryl methyl sites for hydroxylation is 2. The van der Waals surface area contributed by atoms with Crippen molar-refractivity contribution in [1.29, 1.82) is 0 Å². The molecule has 0 aliphatic heterocycles. The van der Waals surface area contributed by atoms with E-state index in [1.807, 2.05) is 0 Å². The van der Waals surface area contributed by atoms with Gasteiger partial charge in [-0.2, -0.15) is 6.07 Å². The zero-order chi connectivity index (χ0) is 23.4. The Balaban J connectivity index is 0.00000107. The van der Waals surface area contributed by atoms with Gasteiger partial charge in [-0.1, -0.05) is 90.6 Å². The van der Waals surface area contributed by atoms with Gasteiger partial charge in [-0.05, 0) is 40.9 Å². The second kappa shape index (κ2) is 11.1. The van der Waals surface area contributed by atoms with Gasteiger partial charge in [0, 0.05) is 0 Å². The Labute approximate surface area is 208 Å². The molecule has 0 saturated heterocycles. The molecule has 168 valence electrons. The summed E-state index contributed by atoms with van der Waals surface area (Å²) < 4.78 is 0. The number of fused-ring (bicyclic) bond motifs is 1. The van der Waals surface area contributed by atoms with Gasteiger partial charge < -0.3 is 0 Å². The molecule has 3 aromatic rings. The van der Waals surface area contributed by atoms with Gasteiger partial charge in [0.2, 0.25) is 0 Å². The van der Waals surface area contributed by atoms with Crippen molar-refractivity contribution < 1.29 is 20.8 Å². The van der Waals surface area contributed by atoms with Gasteiger partial charge in [-0.3, -0.25) is 0 Å². The zero-order valence-electron chi connectivity index (χ0n) is 20.4. The van der Waals surface area contributed by atoms with Crippen LogP contribution >= 0.6 is 17.0 Å². The van der Waals surface area contributed by atoms with Gasteiger partial charge in [0.25, 0.3) is 0 Å². The molecule has 31 heavy (non-hydrogen) atoms. The SMILES string of the molecule is CCCCc1cc2c(-c3cc(C(C)(C)C)cc(C(C)(C)C)c3)c(C)ccc2[cH-]1.[Cl][Zr][Cl]. The fraction of sp³-hybridized carbons (Fsp3) is 0.464. The van der Waals surface area contributed by atoms with Crippen molar-refractivity contribution in [3.63, 3.8) is 0 Å². The Morgan fingerprint density at radius 1 is 0.871 bits per heavy atom. The third kappa shape index (κ3) is 7.00. The molecule has 3 aromatic carbocycles. The van der Waals surface area contributed by atoms with Crippen molar-refractivity contribution in [2.45, 2.75) is 85.5 Å². The van der Waals surface area contributed by atoms with Crippen molar-refractivity contribution in [1.82, 2.24) is 0 Å². The summed E-state index contributed by atoms with van der Waals surface area (Å²) in [5.74, 6) is 0. The van der Waals surface area contributed by atoms with Gasteiger partial charge in [-0.25, -0.2) is 0 Å². The van der Waals surface area contributed by atoms with Crippen molar-refractivity contribution in [2.24, 2.45) is 0 Å². The Morgan fingerprint density at radius 2 is 1.42 bits per heavy atom. The van der Waals surface area contributed by atoms with Gasteiger partial charge in [0.15, 0.2) is 0 Å². The molecule has 0 amide bonds. The van der Waals surface area contributed by atoms with Crippen LogP contribution in [0.5, 0.6) is 0 Å². The van der Waals surface area contributed by atoms with Gasteiger partial charge >= 0.3 is 37.9 Å². The first kappa shape index (κ1) is 26.8. The molecule has 3 heteroatoms. The van der Waals surface area contributed by atoms with Crippen LogP contribution in [0.2, 0.25) is 0 Å². The first-order chi connectivity index (χ1) is 14.4. The summed E-state index contributed by atoms with van der Waals surface area (Å²) >= 11 is -0.826. The molecule has 0 aliphatic carbocycles. The summed E-state index contributed by atoms with van der Waals surface area (Å²) in [7, 11) is 9.87. The molecule has 0 bridgehead atoms. The molecule has 3 rings (SSSR count). The second-order valence-corrected chi connectivity index (χ2v) is 14.3. The van der Waals surface area contributed by atoms with E-state index >= 15 is 0 Å². The molecule has 0 radical (unpaired) electrons. The van der Waals surface area contributed by atoms with Crippen LogP contribution in [-0.4, -0.2) is 0 Å². The number of halogens is 2. The quantitative estimate of drug-likeness (QED) is 0.292. The maximum absolute atomic E-state index is 4.93. The van der Waals surface area contributed by atoms with Gasteiger partial charge in [0.05, 0.1) is 0 Å². The van der Waals surface area contributed by atoms with Crippen LogP contribution < -0.4 is 0 Å². The fourth-order valence-corrected chi connectivity index (χ4v) is 4.00. The molecule has 0 saturated carbocycles. The first-order valence-electron chi connectivity index (χ1n) is 11.2. The molecule has 0 N–H and O–H groups in total. The van der Waals surface area contributed by atoms with Crippen LogP contribution in [0.4, 0.5) is 0 Å². The summed E-state index contributed by atoms with van der Waals surface area (Å²) in [6.45, 7) is 18.4. The molecular weight excluding hydrogens is 498 g/mol. The molecule has 0 heterocycles. The topological polar surface area (TPSA) is 0 Å². The fourth-order valence-electron chi connectivity index (χ4n) is 4.00. The molecule has 0 spiro atoms. The van der Waals surface area contributed by atoms with E-state index in [4.69, 9.17) is 17.0 Å². The molecule has 0 fully saturated rings. The van der Waals surface area contributed by atoms with Crippen molar-refractivity contribution in [2.75, 3.05) is 0 Å². The monoisotopic (exact) mass is 533 g/mol. The minimum atomic E-state index is -0.826. The maximum atomic E-state index is 4.93.